The molecule has 2 aromatic carbocycles. The molecule has 1 amide bonds. The first kappa shape index (κ1) is 23.0. The second-order valence-corrected chi connectivity index (χ2v) is 7.68. The molecular weight excluding hydrogens is 466 g/mol. The van der Waals surface area contributed by atoms with E-state index < -0.39 is 35.1 Å². The van der Waals surface area contributed by atoms with Crippen molar-refractivity contribution < 1.29 is 28.4 Å². The number of nitro groups is 1. The molecule has 11 heteroatoms. The van der Waals surface area contributed by atoms with Crippen LogP contribution >= 0.6 is 11.6 Å². The number of hydrogen-bond donors (Lipinski definition) is 0. The molecule has 10 nitrogen and oxygen atoms in total. The van der Waals surface area contributed by atoms with E-state index in [1.165, 1.54) is 17.3 Å². The highest BCUT2D eigenvalue weighted by Gasteiger charge is 2.35. The van der Waals surface area contributed by atoms with Crippen molar-refractivity contribution in [2.45, 2.75) is 12.5 Å². The first-order chi connectivity index (χ1) is 16.4. The van der Waals surface area contributed by atoms with Gasteiger partial charge in [0.1, 0.15) is 23.1 Å². The van der Waals surface area contributed by atoms with Gasteiger partial charge < -0.3 is 13.9 Å². The highest BCUT2D eigenvalue weighted by molar-refractivity contribution is 6.31. The summed E-state index contributed by atoms with van der Waals surface area (Å²) >= 11 is 5.86. The van der Waals surface area contributed by atoms with Gasteiger partial charge in [-0.15, -0.1) is 0 Å². The molecule has 0 bridgehead atoms. The van der Waals surface area contributed by atoms with Crippen molar-refractivity contribution >= 4 is 34.9 Å². The van der Waals surface area contributed by atoms with Crippen LogP contribution in [0.4, 0.5) is 5.69 Å². The van der Waals surface area contributed by atoms with E-state index in [-0.39, 0.29) is 10.6 Å². The average molecular weight is 484 g/mol. The second-order valence-electron chi connectivity index (χ2n) is 7.24. The molecule has 0 fully saturated rings. The predicted octanol–water partition coefficient (Wildman–Crippen LogP) is 4.38. The van der Waals surface area contributed by atoms with Crippen molar-refractivity contribution in [2.75, 3.05) is 13.7 Å². The second kappa shape index (κ2) is 9.75. The van der Waals surface area contributed by atoms with Gasteiger partial charge in [-0.05, 0) is 54.1 Å². The SMILES string of the molecule is COc1ccc(C2=NN(C(=O)COC(=O)c3cc(Cl)ccc3[N+](=O)[O-])[C@@H](c3ccco3)C2)cc1. The van der Waals surface area contributed by atoms with Crippen LogP contribution in [0.3, 0.4) is 0 Å². The summed E-state index contributed by atoms with van der Waals surface area (Å²) in [5.74, 6) is -0.476. The van der Waals surface area contributed by atoms with Gasteiger partial charge >= 0.3 is 5.97 Å². The average Bonchev–Trinajstić information content (AvgIpc) is 3.52. The lowest BCUT2D eigenvalue weighted by Gasteiger charge is -2.19. The van der Waals surface area contributed by atoms with Gasteiger partial charge in [0.15, 0.2) is 6.61 Å². The summed E-state index contributed by atoms with van der Waals surface area (Å²) < 4.78 is 15.7. The van der Waals surface area contributed by atoms with Gasteiger partial charge in [-0.2, -0.15) is 5.10 Å². The summed E-state index contributed by atoms with van der Waals surface area (Å²) in [5, 5.41) is 17.0. The van der Waals surface area contributed by atoms with Gasteiger partial charge in [0, 0.05) is 17.5 Å². The number of rotatable bonds is 7. The quantitative estimate of drug-likeness (QED) is 0.277. The van der Waals surface area contributed by atoms with Crippen LogP contribution in [0.1, 0.15) is 34.1 Å². The van der Waals surface area contributed by atoms with Crippen LogP contribution in [0.2, 0.25) is 5.02 Å². The van der Waals surface area contributed by atoms with Crippen molar-refractivity contribution in [3.05, 3.63) is 92.9 Å². The number of nitro benzene ring substituents is 1. The van der Waals surface area contributed by atoms with Gasteiger partial charge in [-0.1, -0.05) is 11.6 Å². The van der Waals surface area contributed by atoms with E-state index in [1.807, 2.05) is 12.1 Å². The molecule has 34 heavy (non-hydrogen) atoms. The van der Waals surface area contributed by atoms with Crippen LogP contribution in [-0.2, 0) is 9.53 Å². The van der Waals surface area contributed by atoms with Crippen molar-refractivity contribution in [3.8, 4) is 5.75 Å². The Bertz CT molecular complexity index is 1260. The first-order valence-electron chi connectivity index (χ1n) is 10.1. The fourth-order valence-corrected chi connectivity index (χ4v) is 3.67. The lowest BCUT2D eigenvalue weighted by molar-refractivity contribution is -0.385. The number of furan rings is 1. The molecule has 3 aromatic rings. The van der Waals surface area contributed by atoms with Crippen molar-refractivity contribution in [2.24, 2.45) is 5.10 Å². The van der Waals surface area contributed by atoms with E-state index in [9.17, 15) is 19.7 Å². The highest BCUT2D eigenvalue weighted by atomic mass is 35.5. The van der Waals surface area contributed by atoms with Crippen molar-refractivity contribution in [1.29, 1.82) is 0 Å². The Kier molecular flexibility index (Phi) is 6.60. The maximum atomic E-state index is 13.0. The van der Waals surface area contributed by atoms with Crippen LogP contribution in [0.15, 0.2) is 70.4 Å². The number of nitrogens with zero attached hydrogens (tertiary/aromatic N) is 3. The zero-order valence-electron chi connectivity index (χ0n) is 17.8. The van der Waals surface area contributed by atoms with Crippen LogP contribution in [-0.4, -0.2) is 41.2 Å². The third kappa shape index (κ3) is 4.76. The van der Waals surface area contributed by atoms with Crippen LogP contribution in [0.25, 0.3) is 0 Å². The first-order valence-corrected chi connectivity index (χ1v) is 10.4. The number of carbonyl (C=O) groups is 2. The number of benzene rings is 2. The lowest BCUT2D eigenvalue weighted by atomic mass is 10.0. The Balaban J connectivity index is 1.54. The summed E-state index contributed by atoms with van der Waals surface area (Å²) in [4.78, 5) is 35.9. The largest absolute Gasteiger partial charge is 0.497 e. The van der Waals surface area contributed by atoms with Gasteiger partial charge in [-0.25, -0.2) is 9.80 Å². The minimum Gasteiger partial charge on any atom is -0.497 e. The fourth-order valence-electron chi connectivity index (χ4n) is 3.50. The smallest absolute Gasteiger partial charge is 0.345 e. The molecule has 0 radical (unpaired) electrons. The number of amides is 1. The molecule has 0 spiro atoms. The molecule has 0 N–H and O–H groups in total. The molecule has 1 aromatic heterocycles. The number of carbonyl (C=O) groups excluding carboxylic acids is 2. The lowest BCUT2D eigenvalue weighted by Crippen LogP contribution is -2.31. The van der Waals surface area contributed by atoms with Gasteiger partial charge in [0.05, 0.1) is 24.0 Å². The molecule has 174 valence electrons. The van der Waals surface area contributed by atoms with E-state index in [0.29, 0.717) is 23.6 Å². The molecule has 0 saturated carbocycles. The molecule has 1 aliphatic rings. The van der Waals surface area contributed by atoms with E-state index in [2.05, 4.69) is 5.10 Å². The maximum absolute atomic E-state index is 13.0. The standard InChI is InChI=1S/C23H18ClN3O7/c1-32-16-7-4-14(5-8-16)18-12-20(21-3-2-10-33-21)26(25-18)22(28)13-34-23(29)17-11-15(24)6-9-19(17)27(30)31/h2-11,20H,12-13H2,1H3/t20-/m1/s1. The predicted molar refractivity (Wildman–Crippen MR) is 121 cm³/mol. The summed E-state index contributed by atoms with van der Waals surface area (Å²) in [6.45, 7) is -0.681. The molecule has 2 heterocycles. The molecular formula is C23H18ClN3O7. The zero-order valence-corrected chi connectivity index (χ0v) is 18.6. The molecule has 0 unspecified atom stereocenters. The Labute approximate surface area is 198 Å². The van der Waals surface area contributed by atoms with Crippen molar-refractivity contribution in [1.82, 2.24) is 5.01 Å². The van der Waals surface area contributed by atoms with E-state index in [4.69, 9.17) is 25.5 Å². The van der Waals surface area contributed by atoms with E-state index in [1.54, 1.807) is 31.4 Å². The summed E-state index contributed by atoms with van der Waals surface area (Å²) in [6, 6.07) is 13.6. The maximum Gasteiger partial charge on any atom is 0.345 e. The van der Waals surface area contributed by atoms with Crippen LogP contribution in [0.5, 0.6) is 5.75 Å². The Hall–Kier alpha value is -4.18. The highest BCUT2D eigenvalue weighted by Crippen LogP contribution is 2.33. The minimum atomic E-state index is -1.05. The molecule has 0 aliphatic carbocycles. The normalized spacial score (nSPS) is 15.1. The number of ether oxygens (including phenoxy) is 2. The van der Waals surface area contributed by atoms with Crippen molar-refractivity contribution in [3.63, 3.8) is 0 Å². The zero-order chi connectivity index (χ0) is 24.2. The third-order valence-corrected chi connectivity index (χ3v) is 5.40. The van der Waals surface area contributed by atoms with E-state index >= 15 is 0 Å². The van der Waals surface area contributed by atoms with Crippen LogP contribution in [0, 0.1) is 10.1 Å². The van der Waals surface area contributed by atoms with Crippen LogP contribution < -0.4 is 4.74 Å². The topological polar surface area (TPSA) is 124 Å². The van der Waals surface area contributed by atoms with Gasteiger partial charge in [-0.3, -0.25) is 14.9 Å². The Morgan fingerprint density at radius 3 is 2.65 bits per heavy atom. The summed E-state index contributed by atoms with van der Waals surface area (Å²) in [7, 11) is 1.56. The monoisotopic (exact) mass is 483 g/mol. The number of halogens is 1. The molecule has 4 rings (SSSR count). The number of hydrogen-bond acceptors (Lipinski definition) is 8. The minimum absolute atomic E-state index is 0.120. The van der Waals surface area contributed by atoms with E-state index in [0.717, 1.165) is 17.7 Å². The third-order valence-electron chi connectivity index (χ3n) is 5.16. The molecule has 0 saturated heterocycles. The summed E-state index contributed by atoms with van der Waals surface area (Å²) in [5.41, 5.74) is 0.599. The fraction of sp³-hybridized carbons (Fsp3) is 0.174. The Morgan fingerprint density at radius 2 is 2.00 bits per heavy atom. The number of hydrazone groups is 1. The van der Waals surface area contributed by atoms with Gasteiger partial charge in [0.2, 0.25) is 0 Å². The Morgan fingerprint density at radius 1 is 1.24 bits per heavy atom. The number of esters is 1. The molecule has 1 aliphatic heterocycles. The molecule has 1 atom stereocenters. The summed E-state index contributed by atoms with van der Waals surface area (Å²) in [6.07, 6.45) is 1.86. The van der Waals surface area contributed by atoms with Gasteiger partial charge in [0.25, 0.3) is 11.6 Å². The number of methoxy groups -OCH3 is 1.